The molecule has 0 saturated heterocycles. The highest BCUT2D eigenvalue weighted by molar-refractivity contribution is 5.72. The maximum atomic E-state index is 10.5. The van der Waals surface area contributed by atoms with E-state index in [0.717, 1.165) is 5.56 Å². The van der Waals surface area contributed by atoms with Gasteiger partial charge in [0.25, 0.3) is 5.69 Å². The van der Waals surface area contributed by atoms with E-state index in [1.54, 1.807) is 13.8 Å². The van der Waals surface area contributed by atoms with E-state index in [1.165, 1.54) is 6.07 Å². The first-order valence-electron chi connectivity index (χ1n) is 3.74. The van der Waals surface area contributed by atoms with E-state index in [0.29, 0.717) is 11.3 Å². The lowest BCUT2D eigenvalue weighted by Gasteiger charge is -2.07. The molecule has 1 aromatic rings. The van der Waals surface area contributed by atoms with E-state index < -0.39 is 4.92 Å². The monoisotopic (exact) mass is 181 g/mol. The first kappa shape index (κ1) is 9.31. The lowest BCUT2D eigenvalue weighted by atomic mass is 10.0. The van der Waals surface area contributed by atoms with Crippen molar-refractivity contribution in [1.82, 2.24) is 0 Å². The zero-order valence-corrected chi connectivity index (χ0v) is 7.50. The Hall–Kier alpha value is -1.78. The number of rotatable bonds is 1. The van der Waals surface area contributed by atoms with E-state index >= 15 is 0 Å². The second kappa shape index (κ2) is 2.93. The molecule has 70 valence electrons. The lowest BCUT2D eigenvalue weighted by molar-refractivity contribution is -0.383. The van der Waals surface area contributed by atoms with E-state index in [1.807, 2.05) is 0 Å². The van der Waals surface area contributed by atoms with E-state index in [4.69, 9.17) is 11.5 Å². The van der Waals surface area contributed by atoms with Gasteiger partial charge in [0.2, 0.25) is 0 Å². The van der Waals surface area contributed by atoms with Gasteiger partial charge < -0.3 is 11.5 Å². The summed E-state index contributed by atoms with van der Waals surface area (Å²) in [7, 11) is 0. The molecule has 0 heterocycles. The molecule has 4 N–H and O–H groups in total. The molecule has 0 aromatic heterocycles. The van der Waals surface area contributed by atoms with Crippen molar-refractivity contribution in [3.05, 3.63) is 27.3 Å². The Morgan fingerprint density at radius 3 is 2.31 bits per heavy atom. The summed E-state index contributed by atoms with van der Waals surface area (Å²) in [6.07, 6.45) is 0. The van der Waals surface area contributed by atoms with Gasteiger partial charge in [0, 0.05) is 11.8 Å². The summed E-state index contributed by atoms with van der Waals surface area (Å²) in [6.45, 7) is 3.50. The summed E-state index contributed by atoms with van der Waals surface area (Å²) in [4.78, 5) is 9.98. The molecule has 0 radical (unpaired) electrons. The molecule has 5 heteroatoms. The van der Waals surface area contributed by atoms with Crippen molar-refractivity contribution in [1.29, 1.82) is 0 Å². The van der Waals surface area contributed by atoms with Gasteiger partial charge >= 0.3 is 0 Å². The Kier molecular flexibility index (Phi) is 2.10. The number of nitrogens with zero attached hydrogens (tertiary/aromatic N) is 1. The number of nitrogens with two attached hydrogens (primary N) is 2. The average molecular weight is 181 g/mol. The third kappa shape index (κ3) is 1.40. The number of nitro groups is 1. The normalized spacial score (nSPS) is 10.0. The van der Waals surface area contributed by atoms with Gasteiger partial charge in [-0.2, -0.15) is 0 Å². The smallest absolute Gasteiger partial charge is 0.294 e. The van der Waals surface area contributed by atoms with Crippen molar-refractivity contribution >= 4 is 17.1 Å². The van der Waals surface area contributed by atoms with Crippen LogP contribution in [0.1, 0.15) is 11.1 Å². The van der Waals surface area contributed by atoms with E-state index in [2.05, 4.69) is 0 Å². The van der Waals surface area contributed by atoms with Crippen LogP contribution < -0.4 is 11.5 Å². The van der Waals surface area contributed by atoms with Crippen LogP contribution >= 0.6 is 0 Å². The van der Waals surface area contributed by atoms with Crippen LogP contribution in [0.15, 0.2) is 6.07 Å². The number of hydrogen-bond acceptors (Lipinski definition) is 4. The molecule has 5 nitrogen and oxygen atoms in total. The minimum Gasteiger partial charge on any atom is -0.398 e. The Bertz CT molecular complexity index is 374. The highest BCUT2D eigenvalue weighted by Crippen LogP contribution is 2.31. The molecular formula is C8H11N3O2. The molecule has 0 spiro atoms. The molecule has 0 bridgehead atoms. The molecule has 0 aliphatic carbocycles. The van der Waals surface area contributed by atoms with Gasteiger partial charge in [-0.05, 0) is 25.0 Å². The summed E-state index contributed by atoms with van der Waals surface area (Å²) in [6, 6.07) is 1.29. The average Bonchev–Trinajstić information content (AvgIpc) is 2.07. The second-order valence-electron chi connectivity index (χ2n) is 2.91. The highest BCUT2D eigenvalue weighted by Gasteiger charge is 2.16. The highest BCUT2D eigenvalue weighted by atomic mass is 16.6. The fraction of sp³-hybridized carbons (Fsp3) is 0.250. The first-order chi connectivity index (χ1) is 5.95. The molecule has 1 aromatic carbocycles. The van der Waals surface area contributed by atoms with Crippen LogP contribution in [0.2, 0.25) is 0 Å². The Morgan fingerprint density at radius 1 is 1.31 bits per heavy atom. The van der Waals surface area contributed by atoms with Crippen molar-refractivity contribution in [2.24, 2.45) is 0 Å². The van der Waals surface area contributed by atoms with Gasteiger partial charge in [-0.1, -0.05) is 0 Å². The third-order valence-electron chi connectivity index (χ3n) is 2.16. The predicted octanol–water partition coefficient (Wildman–Crippen LogP) is 1.38. The summed E-state index contributed by atoms with van der Waals surface area (Å²) < 4.78 is 0. The van der Waals surface area contributed by atoms with E-state index in [9.17, 15) is 10.1 Å². The summed E-state index contributed by atoms with van der Waals surface area (Å²) in [5.41, 5.74) is 13.1. The van der Waals surface area contributed by atoms with Gasteiger partial charge in [0.1, 0.15) is 5.69 Å². The largest absolute Gasteiger partial charge is 0.398 e. The van der Waals surface area contributed by atoms with Crippen molar-refractivity contribution < 1.29 is 4.92 Å². The first-order valence-corrected chi connectivity index (χ1v) is 3.74. The van der Waals surface area contributed by atoms with Crippen molar-refractivity contribution in [2.45, 2.75) is 13.8 Å². The molecule has 0 aliphatic heterocycles. The van der Waals surface area contributed by atoms with Gasteiger partial charge in [-0.3, -0.25) is 10.1 Å². The van der Waals surface area contributed by atoms with Crippen LogP contribution in [0.5, 0.6) is 0 Å². The minimum atomic E-state index is -0.530. The van der Waals surface area contributed by atoms with Gasteiger partial charge in [0.15, 0.2) is 0 Å². The van der Waals surface area contributed by atoms with Crippen LogP contribution in [-0.4, -0.2) is 4.92 Å². The maximum absolute atomic E-state index is 10.5. The molecule has 0 fully saturated rings. The number of anilines is 2. The maximum Gasteiger partial charge on any atom is 0.294 e. The van der Waals surface area contributed by atoms with Gasteiger partial charge in [-0.15, -0.1) is 0 Å². The molecule has 0 unspecified atom stereocenters. The van der Waals surface area contributed by atoms with Crippen LogP contribution in [0.3, 0.4) is 0 Å². The number of hydrogen-bond donors (Lipinski definition) is 2. The van der Waals surface area contributed by atoms with Crippen molar-refractivity contribution in [3.63, 3.8) is 0 Å². The molecule has 1 rings (SSSR count). The Labute approximate surface area is 75.5 Å². The molecular weight excluding hydrogens is 170 g/mol. The summed E-state index contributed by atoms with van der Waals surface area (Å²) in [5.74, 6) is 0. The predicted molar refractivity (Wildman–Crippen MR) is 51.4 cm³/mol. The van der Waals surface area contributed by atoms with Crippen LogP contribution in [-0.2, 0) is 0 Å². The van der Waals surface area contributed by atoms with Crippen LogP contribution in [0.25, 0.3) is 0 Å². The summed E-state index contributed by atoms with van der Waals surface area (Å²) >= 11 is 0. The lowest BCUT2D eigenvalue weighted by Crippen LogP contribution is -2.02. The molecule has 0 saturated carbocycles. The standard InChI is InChI=1S/C8H11N3O2/c1-4-5(2)8(10)7(11(12)13)3-6(4)9/h3H,9-10H2,1-2H3. The van der Waals surface area contributed by atoms with Crippen molar-refractivity contribution in [3.8, 4) is 0 Å². The SMILES string of the molecule is Cc1c(N)cc([N+](=O)[O-])c(N)c1C. The number of nitro benzene ring substituents is 1. The molecule has 0 atom stereocenters. The molecule has 0 aliphatic rings. The second-order valence-corrected chi connectivity index (χ2v) is 2.91. The Morgan fingerprint density at radius 2 is 1.85 bits per heavy atom. The van der Waals surface area contributed by atoms with Crippen molar-refractivity contribution in [2.75, 3.05) is 11.5 Å². The minimum absolute atomic E-state index is 0.124. The van der Waals surface area contributed by atoms with Gasteiger partial charge in [0.05, 0.1) is 4.92 Å². The summed E-state index contributed by atoms with van der Waals surface area (Å²) in [5, 5.41) is 10.5. The molecule has 13 heavy (non-hydrogen) atoms. The third-order valence-corrected chi connectivity index (χ3v) is 2.16. The quantitative estimate of drug-likeness (QED) is 0.388. The van der Waals surface area contributed by atoms with Crippen LogP contribution in [0.4, 0.5) is 17.1 Å². The van der Waals surface area contributed by atoms with E-state index in [-0.39, 0.29) is 11.4 Å². The fourth-order valence-electron chi connectivity index (χ4n) is 1.09. The fourth-order valence-corrected chi connectivity index (χ4v) is 1.09. The molecule has 0 amide bonds. The number of nitrogen functional groups attached to an aromatic ring is 2. The van der Waals surface area contributed by atoms with Crippen LogP contribution in [0, 0.1) is 24.0 Å². The number of benzene rings is 1. The van der Waals surface area contributed by atoms with Gasteiger partial charge in [-0.25, -0.2) is 0 Å². The zero-order chi connectivity index (χ0) is 10.2. The topological polar surface area (TPSA) is 95.2 Å². The Balaban J connectivity index is 3.50. The zero-order valence-electron chi connectivity index (χ0n) is 7.50.